The number of benzene rings is 2. The average Bonchev–Trinajstić information content (AvgIpc) is 3.22. The molecule has 0 radical (unpaired) electrons. The highest BCUT2D eigenvalue weighted by Crippen LogP contribution is 2.44. The number of aromatic nitrogens is 2. The van der Waals surface area contributed by atoms with Crippen molar-refractivity contribution < 1.29 is 9.59 Å². The van der Waals surface area contributed by atoms with Gasteiger partial charge in [-0.1, -0.05) is 48.5 Å². The van der Waals surface area contributed by atoms with Gasteiger partial charge in [-0.05, 0) is 30.5 Å². The van der Waals surface area contributed by atoms with Crippen LogP contribution in [0.2, 0.25) is 0 Å². The number of para-hydroxylation sites is 1. The zero-order chi connectivity index (χ0) is 18.4. The topological polar surface area (TPSA) is 55.2 Å². The third kappa shape index (κ3) is 2.50. The second-order valence-corrected chi connectivity index (χ2v) is 7.16. The van der Waals surface area contributed by atoms with E-state index >= 15 is 0 Å². The first-order valence-corrected chi connectivity index (χ1v) is 9.24. The zero-order valence-corrected chi connectivity index (χ0v) is 14.8. The van der Waals surface area contributed by atoms with E-state index in [1.54, 1.807) is 0 Å². The van der Waals surface area contributed by atoms with E-state index in [1.165, 1.54) is 4.90 Å². The van der Waals surface area contributed by atoms with Gasteiger partial charge < -0.3 is 4.57 Å². The minimum absolute atomic E-state index is 0.0886. The number of fused-ring (bicyclic) bond motifs is 3. The summed E-state index contributed by atoms with van der Waals surface area (Å²) in [5, 5.41) is 0. The number of imidazole rings is 1. The Labute approximate surface area is 157 Å². The number of anilines is 1. The normalized spacial score (nSPS) is 21.3. The lowest BCUT2D eigenvalue weighted by Gasteiger charge is -2.23. The quantitative estimate of drug-likeness (QED) is 0.677. The average molecular weight is 357 g/mol. The molecular formula is C22H19N3O2. The second kappa shape index (κ2) is 6.20. The predicted molar refractivity (Wildman–Crippen MR) is 101 cm³/mol. The molecule has 1 fully saturated rings. The lowest BCUT2D eigenvalue weighted by molar-refractivity contribution is -0.122. The molecule has 134 valence electrons. The van der Waals surface area contributed by atoms with Crippen molar-refractivity contribution in [3.63, 3.8) is 0 Å². The molecular weight excluding hydrogens is 338 g/mol. The van der Waals surface area contributed by atoms with Crippen LogP contribution >= 0.6 is 0 Å². The Morgan fingerprint density at radius 3 is 2.37 bits per heavy atom. The minimum atomic E-state index is -0.437. The van der Waals surface area contributed by atoms with Crippen LogP contribution in [0.1, 0.15) is 29.3 Å². The van der Waals surface area contributed by atoms with Crippen molar-refractivity contribution in [2.45, 2.75) is 25.3 Å². The van der Waals surface area contributed by atoms with Crippen molar-refractivity contribution in [2.75, 3.05) is 4.90 Å². The van der Waals surface area contributed by atoms with E-state index in [2.05, 4.69) is 17.1 Å². The Bertz CT molecular complexity index is 1010. The number of nitrogens with zero attached hydrogens (tertiary/aromatic N) is 3. The van der Waals surface area contributed by atoms with Crippen molar-refractivity contribution >= 4 is 17.5 Å². The first-order chi connectivity index (χ1) is 13.2. The molecule has 2 heterocycles. The van der Waals surface area contributed by atoms with Gasteiger partial charge in [0.15, 0.2) is 0 Å². The van der Waals surface area contributed by atoms with Gasteiger partial charge in [0.2, 0.25) is 11.8 Å². The van der Waals surface area contributed by atoms with Gasteiger partial charge in [-0.25, -0.2) is 9.88 Å². The Kier molecular flexibility index (Phi) is 3.67. The lowest BCUT2D eigenvalue weighted by Crippen LogP contribution is -2.30. The summed E-state index contributed by atoms with van der Waals surface area (Å²) < 4.78 is 2.04. The maximum absolute atomic E-state index is 13.3. The number of amides is 2. The van der Waals surface area contributed by atoms with Gasteiger partial charge in [-0.15, -0.1) is 0 Å². The summed E-state index contributed by atoms with van der Waals surface area (Å²) in [4.78, 5) is 32.2. The fraction of sp³-hybridized carbons (Fsp3) is 0.227. The van der Waals surface area contributed by atoms with Gasteiger partial charge in [0, 0.05) is 6.54 Å². The molecule has 3 aromatic rings. The minimum Gasteiger partial charge on any atom is -0.329 e. The summed E-state index contributed by atoms with van der Waals surface area (Å²) >= 11 is 0. The zero-order valence-electron chi connectivity index (χ0n) is 14.8. The molecule has 0 spiro atoms. The van der Waals surface area contributed by atoms with Crippen LogP contribution in [0, 0.1) is 5.92 Å². The molecule has 1 saturated heterocycles. The number of aryl methyl sites for hydroxylation is 1. The Balaban J connectivity index is 1.55. The molecule has 27 heavy (non-hydrogen) atoms. The second-order valence-electron chi connectivity index (χ2n) is 7.16. The van der Waals surface area contributed by atoms with Crippen LogP contribution in [0.25, 0.3) is 0 Å². The molecule has 0 saturated carbocycles. The summed E-state index contributed by atoms with van der Waals surface area (Å²) in [6, 6.07) is 19.3. The van der Waals surface area contributed by atoms with Crippen molar-refractivity contribution in [2.24, 2.45) is 5.92 Å². The van der Waals surface area contributed by atoms with E-state index < -0.39 is 5.92 Å². The molecule has 5 rings (SSSR count). The third-order valence-electron chi connectivity index (χ3n) is 5.58. The Morgan fingerprint density at radius 1 is 0.926 bits per heavy atom. The highest BCUT2D eigenvalue weighted by atomic mass is 16.2. The van der Waals surface area contributed by atoms with E-state index in [9.17, 15) is 9.59 Å². The molecule has 1 aliphatic heterocycles. The van der Waals surface area contributed by atoms with Crippen LogP contribution in [-0.2, 0) is 22.6 Å². The molecule has 0 N–H and O–H groups in total. The van der Waals surface area contributed by atoms with E-state index in [4.69, 9.17) is 0 Å². The molecule has 0 unspecified atom stereocenters. The SMILES string of the molecule is O=C1[C@H]2CCc3ncn(Cc4ccccc4)c3[C@H]2C(=O)N1c1ccccc1. The molecule has 1 aromatic heterocycles. The largest absolute Gasteiger partial charge is 0.329 e. The molecule has 2 aliphatic rings. The third-order valence-corrected chi connectivity index (χ3v) is 5.58. The summed E-state index contributed by atoms with van der Waals surface area (Å²) in [7, 11) is 0. The maximum atomic E-state index is 13.3. The van der Waals surface area contributed by atoms with Crippen LogP contribution in [-0.4, -0.2) is 21.4 Å². The smallest absolute Gasteiger partial charge is 0.243 e. The number of carbonyl (C=O) groups excluding carboxylic acids is 2. The van der Waals surface area contributed by atoms with Crippen molar-refractivity contribution in [1.29, 1.82) is 0 Å². The van der Waals surface area contributed by atoms with E-state index in [0.717, 1.165) is 23.4 Å². The van der Waals surface area contributed by atoms with E-state index in [1.807, 2.05) is 59.4 Å². The van der Waals surface area contributed by atoms with Crippen molar-refractivity contribution in [3.8, 4) is 0 Å². The summed E-state index contributed by atoms with van der Waals surface area (Å²) in [6.45, 7) is 0.652. The molecule has 2 aromatic carbocycles. The maximum Gasteiger partial charge on any atom is 0.243 e. The van der Waals surface area contributed by atoms with Crippen LogP contribution in [0.4, 0.5) is 5.69 Å². The molecule has 5 heteroatoms. The highest BCUT2D eigenvalue weighted by molar-refractivity contribution is 6.23. The number of imide groups is 1. The van der Waals surface area contributed by atoms with Gasteiger partial charge in [0.1, 0.15) is 0 Å². The van der Waals surface area contributed by atoms with Crippen LogP contribution in [0.3, 0.4) is 0 Å². The van der Waals surface area contributed by atoms with Crippen LogP contribution < -0.4 is 4.90 Å². The standard InChI is InChI=1S/C22H19N3O2/c26-21-17-11-12-18-20(24(14-23-18)13-15-7-3-1-4-8-15)19(17)22(27)25(21)16-9-5-2-6-10-16/h1-10,14,17,19H,11-13H2/t17-,19-/m0/s1. The van der Waals surface area contributed by atoms with Gasteiger partial charge >= 0.3 is 0 Å². The molecule has 0 bridgehead atoms. The van der Waals surface area contributed by atoms with Crippen LogP contribution in [0.15, 0.2) is 67.0 Å². The molecule has 5 nitrogen and oxygen atoms in total. The Morgan fingerprint density at radius 2 is 1.63 bits per heavy atom. The fourth-order valence-corrected chi connectivity index (χ4v) is 4.34. The summed E-state index contributed by atoms with van der Waals surface area (Å²) in [5.41, 5.74) is 3.66. The van der Waals surface area contributed by atoms with E-state index in [-0.39, 0.29) is 17.7 Å². The summed E-state index contributed by atoms with van der Waals surface area (Å²) in [6.07, 6.45) is 3.22. The lowest BCUT2D eigenvalue weighted by atomic mass is 9.81. The first kappa shape index (κ1) is 16.0. The van der Waals surface area contributed by atoms with Crippen LogP contribution in [0.5, 0.6) is 0 Å². The van der Waals surface area contributed by atoms with E-state index in [0.29, 0.717) is 18.7 Å². The van der Waals surface area contributed by atoms with Crippen molar-refractivity contribution in [3.05, 3.63) is 83.9 Å². The van der Waals surface area contributed by atoms with Crippen molar-refractivity contribution in [1.82, 2.24) is 9.55 Å². The fourth-order valence-electron chi connectivity index (χ4n) is 4.34. The number of rotatable bonds is 3. The molecule has 1 aliphatic carbocycles. The number of carbonyl (C=O) groups is 2. The van der Waals surface area contributed by atoms with Gasteiger partial charge in [-0.3, -0.25) is 9.59 Å². The first-order valence-electron chi connectivity index (χ1n) is 9.24. The van der Waals surface area contributed by atoms with Gasteiger partial charge in [0.25, 0.3) is 0 Å². The molecule has 2 amide bonds. The summed E-state index contributed by atoms with van der Waals surface area (Å²) in [5.74, 6) is -0.953. The molecule has 2 atom stereocenters. The monoisotopic (exact) mass is 357 g/mol. The highest BCUT2D eigenvalue weighted by Gasteiger charge is 2.52. The Hall–Kier alpha value is -3.21. The number of hydrogen-bond acceptors (Lipinski definition) is 3. The van der Waals surface area contributed by atoms with Gasteiger partial charge in [0.05, 0.1) is 35.2 Å². The van der Waals surface area contributed by atoms with Gasteiger partial charge in [-0.2, -0.15) is 0 Å². The predicted octanol–water partition coefficient (Wildman–Crippen LogP) is 3.15. The number of hydrogen-bond donors (Lipinski definition) is 0.